The lowest BCUT2D eigenvalue weighted by molar-refractivity contribution is 0.0346. The minimum Gasteiger partial charge on any atom is -0.478 e. The van der Waals surface area contributed by atoms with E-state index in [1.165, 1.54) is 23.1 Å². The van der Waals surface area contributed by atoms with Gasteiger partial charge in [-0.05, 0) is 31.0 Å². The lowest BCUT2D eigenvalue weighted by Gasteiger charge is -2.25. The molecule has 1 fully saturated rings. The zero-order valence-electron chi connectivity index (χ0n) is 11.4. The van der Waals surface area contributed by atoms with Gasteiger partial charge in [0.2, 0.25) is 0 Å². The molecule has 2 amide bonds. The Balaban J connectivity index is 1.84. The lowest BCUT2D eigenvalue weighted by Crippen LogP contribution is -2.37. The molecule has 2 aliphatic heterocycles. The van der Waals surface area contributed by atoms with Crippen molar-refractivity contribution in [2.24, 2.45) is 5.92 Å². The topological polar surface area (TPSA) is 83.9 Å². The first-order valence-electron chi connectivity index (χ1n) is 6.89. The van der Waals surface area contributed by atoms with Crippen LogP contribution in [0, 0.1) is 5.92 Å². The number of hydrogen-bond donors (Lipinski definition) is 1. The Labute approximate surface area is 121 Å². The predicted molar refractivity (Wildman–Crippen MR) is 72.3 cm³/mol. The van der Waals surface area contributed by atoms with Crippen LogP contribution >= 0.6 is 0 Å². The van der Waals surface area contributed by atoms with Crippen LogP contribution in [0.2, 0.25) is 0 Å². The summed E-state index contributed by atoms with van der Waals surface area (Å²) < 4.78 is 5.36. The van der Waals surface area contributed by atoms with E-state index in [1.54, 1.807) is 0 Å². The lowest BCUT2D eigenvalue weighted by atomic mass is 10.0. The van der Waals surface area contributed by atoms with Crippen molar-refractivity contribution < 1.29 is 24.2 Å². The molecule has 0 radical (unpaired) electrons. The summed E-state index contributed by atoms with van der Waals surface area (Å²) in [4.78, 5) is 36.8. The van der Waals surface area contributed by atoms with Gasteiger partial charge in [0.05, 0.1) is 23.3 Å². The average molecular weight is 289 g/mol. The number of fused-ring (bicyclic) bond motifs is 1. The Morgan fingerprint density at radius 2 is 2.05 bits per heavy atom. The highest BCUT2D eigenvalue weighted by atomic mass is 16.5. The molecule has 0 aromatic heterocycles. The molecule has 1 N–H and O–H groups in total. The van der Waals surface area contributed by atoms with Crippen LogP contribution in [0.1, 0.15) is 43.9 Å². The number of carbonyl (C=O) groups excluding carboxylic acids is 2. The van der Waals surface area contributed by atoms with E-state index in [4.69, 9.17) is 9.84 Å². The normalized spacial score (nSPS) is 21.5. The zero-order chi connectivity index (χ0) is 15.0. The summed E-state index contributed by atoms with van der Waals surface area (Å²) in [5.74, 6) is -1.72. The molecule has 2 heterocycles. The van der Waals surface area contributed by atoms with Crippen LogP contribution in [-0.2, 0) is 4.74 Å². The molecule has 1 atom stereocenters. The minimum atomic E-state index is -1.11. The summed E-state index contributed by atoms with van der Waals surface area (Å²) in [6.07, 6.45) is 1.85. The number of rotatable bonds is 3. The molecule has 110 valence electrons. The van der Waals surface area contributed by atoms with Gasteiger partial charge in [-0.2, -0.15) is 0 Å². The standard InChI is InChI=1S/C15H15NO5/c17-13-11-4-3-10(15(19)20)6-12(11)14(18)16(13)7-9-2-1-5-21-8-9/h3-4,6,9H,1-2,5,7-8H2,(H,19,20). The fourth-order valence-electron chi connectivity index (χ4n) is 2.80. The van der Waals surface area contributed by atoms with Crippen molar-refractivity contribution in [1.82, 2.24) is 4.90 Å². The molecular weight excluding hydrogens is 274 g/mol. The molecule has 21 heavy (non-hydrogen) atoms. The Morgan fingerprint density at radius 1 is 1.29 bits per heavy atom. The molecule has 0 aliphatic carbocycles. The van der Waals surface area contributed by atoms with E-state index in [0.29, 0.717) is 13.2 Å². The number of benzene rings is 1. The van der Waals surface area contributed by atoms with Crippen molar-refractivity contribution in [1.29, 1.82) is 0 Å². The van der Waals surface area contributed by atoms with Crippen molar-refractivity contribution in [3.05, 3.63) is 34.9 Å². The molecule has 0 bridgehead atoms. The second kappa shape index (κ2) is 5.29. The van der Waals surface area contributed by atoms with E-state index in [9.17, 15) is 14.4 Å². The Bertz CT molecular complexity index is 618. The molecule has 6 nitrogen and oxygen atoms in total. The van der Waals surface area contributed by atoms with Gasteiger partial charge in [-0.25, -0.2) is 4.79 Å². The van der Waals surface area contributed by atoms with Gasteiger partial charge >= 0.3 is 5.97 Å². The maximum atomic E-state index is 12.3. The number of carboxylic acids is 1. The minimum absolute atomic E-state index is 0.0118. The number of carboxylic acid groups (broad SMARTS) is 1. The Kier molecular flexibility index (Phi) is 3.47. The van der Waals surface area contributed by atoms with Crippen LogP contribution < -0.4 is 0 Å². The fourth-order valence-corrected chi connectivity index (χ4v) is 2.80. The number of ether oxygens (including phenoxy) is 1. The van der Waals surface area contributed by atoms with Gasteiger partial charge in [0.1, 0.15) is 0 Å². The second-order valence-electron chi connectivity index (χ2n) is 5.37. The monoisotopic (exact) mass is 289 g/mol. The first-order chi connectivity index (χ1) is 10.1. The summed E-state index contributed by atoms with van der Waals surface area (Å²) in [7, 11) is 0. The molecule has 0 spiro atoms. The molecule has 3 rings (SSSR count). The summed E-state index contributed by atoms with van der Waals surface area (Å²) in [6.45, 7) is 1.60. The molecule has 6 heteroatoms. The molecule has 0 saturated carbocycles. The number of carbonyl (C=O) groups is 3. The predicted octanol–water partition coefficient (Wildman–Crippen LogP) is 1.41. The Hall–Kier alpha value is -2.21. The number of aromatic carboxylic acids is 1. The molecule has 2 aliphatic rings. The van der Waals surface area contributed by atoms with E-state index in [2.05, 4.69) is 0 Å². The second-order valence-corrected chi connectivity index (χ2v) is 5.37. The van der Waals surface area contributed by atoms with Gasteiger partial charge in [0.15, 0.2) is 0 Å². The van der Waals surface area contributed by atoms with Crippen LogP contribution in [0.5, 0.6) is 0 Å². The van der Waals surface area contributed by atoms with Crippen LogP contribution in [0.3, 0.4) is 0 Å². The van der Waals surface area contributed by atoms with E-state index in [0.717, 1.165) is 19.4 Å². The van der Waals surface area contributed by atoms with Gasteiger partial charge in [0, 0.05) is 19.1 Å². The summed E-state index contributed by atoms with van der Waals surface area (Å²) in [6, 6.07) is 4.03. The van der Waals surface area contributed by atoms with Crippen molar-refractivity contribution in [3.63, 3.8) is 0 Å². The maximum absolute atomic E-state index is 12.3. The zero-order valence-corrected chi connectivity index (χ0v) is 11.4. The van der Waals surface area contributed by atoms with Crippen LogP contribution in [0.25, 0.3) is 0 Å². The molecule has 1 aromatic rings. The van der Waals surface area contributed by atoms with Crippen LogP contribution in [0.15, 0.2) is 18.2 Å². The number of hydrogen-bond acceptors (Lipinski definition) is 4. The van der Waals surface area contributed by atoms with E-state index >= 15 is 0 Å². The number of imide groups is 1. The highest BCUT2D eigenvalue weighted by molar-refractivity contribution is 6.21. The molecule has 1 aromatic carbocycles. The largest absolute Gasteiger partial charge is 0.478 e. The van der Waals surface area contributed by atoms with Gasteiger partial charge in [-0.1, -0.05) is 0 Å². The van der Waals surface area contributed by atoms with Crippen molar-refractivity contribution >= 4 is 17.8 Å². The summed E-state index contributed by atoms with van der Waals surface area (Å²) in [5.41, 5.74) is 0.469. The van der Waals surface area contributed by atoms with Crippen LogP contribution in [0.4, 0.5) is 0 Å². The number of nitrogens with zero attached hydrogens (tertiary/aromatic N) is 1. The molecule has 1 unspecified atom stereocenters. The fraction of sp³-hybridized carbons (Fsp3) is 0.400. The Morgan fingerprint density at radius 3 is 2.71 bits per heavy atom. The third kappa shape index (κ3) is 2.42. The van der Waals surface area contributed by atoms with Crippen molar-refractivity contribution in [2.75, 3.05) is 19.8 Å². The van der Waals surface area contributed by atoms with Crippen molar-refractivity contribution in [3.8, 4) is 0 Å². The number of amides is 2. The van der Waals surface area contributed by atoms with E-state index < -0.39 is 11.9 Å². The van der Waals surface area contributed by atoms with Gasteiger partial charge < -0.3 is 9.84 Å². The first-order valence-corrected chi connectivity index (χ1v) is 6.89. The molecular formula is C15H15NO5. The average Bonchev–Trinajstić information content (AvgIpc) is 2.73. The van der Waals surface area contributed by atoms with E-state index in [-0.39, 0.29) is 28.5 Å². The third-order valence-electron chi connectivity index (χ3n) is 3.91. The maximum Gasteiger partial charge on any atom is 0.335 e. The first kappa shape index (κ1) is 13.8. The summed E-state index contributed by atoms with van der Waals surface area (Å²) in [5, 5.41) is 8.97. The smallest absolute Gasteiger partial charge is 0.335 e. The van der Waals surface area contributed by atoms with Crippen LogP contribution in [-0.4, -0.2) is 47.5 Å². The van der Waals surface area contributed by atoms with Crippen molar-refractivity contribution in [2.45, 2.75) is 12.8 Å². The van der Waals surface area contributed by atoms with Gasteiger partial charge in [0.25, 0.3) is 11.8 Å². The highest BCUT2D eigenvalue weighted by Gasteiger charge is 2.37. The quantitative estimate of drug-likeness (QED) is 0.850. The van der Waals surface area contributed by atoms with Gasteiger partial charge in [-0.3, -0.25) is 14.5 Å². The van der Waals surface area contributed by atoms with Gasteiger partial charge in [-0.15, -0.1) is 0 Å². The van der Waals surface area contributed by atoms with E-state index in [1.807, 2.05) is 0 Å². The SMILES string of the molecule is O=C(O)c1ccc2c(c1)C(=O)N(CC1CCCOC1)C2=O. The summed E-state index contributed by atoms with van der Waals surface area (Å²) >= 11 is 0. The highest BCUT2D eigenvalue weighted by Crippen LogP contribution is 2.26. The molecule has 1 saturated heterocycles. The third-order valence-corrected chi connectivity index (χ3v) is 3.91.